The molecule has 6 nitrogen and oxygen atoms in total. The van der Waals surface area contributed by atoms with Crippen LogP contribution >= 0.6 is 0 Å². The van der Waals surface area contributed by atoms with Crippen molar-refractivity contribution in [3.8, 4) is 0 Å². The fourth-order valence-electron chi connectivity index (χ4n) is 0.833. The van der Waals surface area contributed by atoms with Crippen molar-refractivity contribution in [1.29, 1.82) is 0 Å². The number of nitroso groups, excluding NO2 is 1. The molecule has 0 saturated heterocycles. The van der Waals surface area contributed by atoms with Crippen LogP contribution in [0.25, 0.3) is 0 Å². The maximum absolute atomic E-state index is 10.7. The number of para-hydroxylation sites is 1. The van der Waals surface area contributed by atoms with Gasteiger partial charge >= 0.3 is 0 Å². The molecule has 0 amide bonds. The van der Waals surface area contributed by atoms with Gasteiger partial charge in [-0.1, -0.05) is 12.1 Å². The largest absolute Gasteiger partial charge is 0.296 e. The molecule has 0 fully saturated rings. The van der Waals surface area contributed by atoms with E-state index in [2.05, 4.69) is 5.29 Å². The summed E-state index contributed by atoms with van der Waals surface area (Å²) in [6.07, 6.45) is 0. The van der Waals surface area contributed by atoms with Gasteiger partial charge in [0.2, 0.25) is 0 Å². The lowest BCUT2D eigenvalue weighted by Crippen LogP contribution is -2.02. The second kappa shape index (κ2) is 3.50. The summed E-state index contributed by atoms with van der Waals surface area (Å²) in [4.78, 5) is 9.44. The molecule has 70 valence electrons. The maximum atomic E-state index is 10.7. The molecule has 0 atom stereocenters. The fourth-order valence-corrected chi connectivity index (χ4v) is 1.48. The Kier molecular flexibility index (Phi) is 2.59. The van der Waals surface area contributed by atoms with Gasteiger partial charge in [-0.05, 0) is 12.1 Å². The average molecular weight is 202 g/mol. The highest BCUT2D eigenvalue weighted by Gasteiger charge is 2.14. The van der Waals surface area contributed by atoms with Gasteiger partial charge in [-0.2, -0.15) is 8.42 Å². The predicted octanol–water partition coefficient (Wildman–Crippen LogP) is 1.03. The third kappa shape index (κ3) is 2.23. The maximum Gasteiger partial charge on any atom is 0.296 e. The molecule has 2 N–H and O–H groups in total. The molecule has 0 aliphatic rings. The molecule has 0 aliphatic carbocycles. The highest BCUT2D eigenvalue weighted by molar-refractivity contribution is 7.86. The third-order valence-corrected chi connectivity index (χ3v) is 2.24. The Hall–Kier alpha value is -1.47. The molecular weight excluding hydrogens is 196 g/mol. The van der Waals surface area contributed by atoms with Gasteiger partial charge in [0.15, 0.2) is 0 Å². The van der Waals surface area contributed by atoms with Gasteiger partial charge in [0.25, 0.3) is 10.1 Å². The van der Waals surface area contributed by atoms with E-state index in [1.807, 2.05) is 5.43 Å². The predicted molar refractivity (Wildman–Crippen MR) is 45.7 cm³/mol. The zero-order chi connectivity index (χ0) is 9.90. The smallest absolute Gasteiger partial charge is 0.282 e. The van der Waals surface area contributed by atoms with Crippen molar-refractivity contribution in [2.24, 2.45) is 5.29 Å². The van der Waals surface area contributed by atoms with Crippen LogP contribution in [0.3, 0.4) is 0 Å². The molecule has 0 aromatic heterocycles. The van der Waals surface area contributed by atoms with E-state index < -0.39 is 10.1 Å². The quantitative estimate of drug-likeness (QED) is 0.433. The van der Waals surface area contributed by atoms with Crippen LogP contribution in [-0.2, 0) is 10.1 Å². The Bertz CT molecular complexity index is 414. The van der Waals surface area contributed by atoms with Gasteiger partial charge in [0, 0.05) is 0 Å². The highest BCUT2D eigenvalue weighted by Crippen LogP contribution is 2.19. The van der Waals surface area contributed by atoms with E-state index in [1.54, 1.807) is 0 Å². The number of hydrogen-bond donors (Lipinski definition) is 2. The Morgan fingerprint density at radius 1 is 1.31 bits per heavy atom. The van der Waals surface area contributed by atoms with Crippen LogP contribution in [0.4, 0.5) is 5.69 Å². The average Bonchev–Trinajstić information content (AvgIpc) is 2.04. The van der Waals surface area contributed by atoms with Crippen molar-refractivity contribution < 1.29 is 13.0 Å². The number of benzene rings is 1. The Morgan fingerprint density at radius 2 is 1.92 bits per heavy atom. The van der Waals surface area contributed by atoms with Crippen molar-refractivity contribution in [3.63, 3.8) is 0 Å². The lowest BCUT2D eigenvalue weighted by atomic mass is 10.3. The van der Waals surface area contributed by atoms with Crippen molar-refractivity contribution in [3.05, 3.63) is 29.2 Å². The Labute approximate surface area is 74.3 Å². The van der Waals surface area contributed by atoms with E-state index in [0.717, 1.165) is 6.07 Å². The van der Waals surface area contributed by atoms with Crippen molar-refractivity contribution in [2.45, 2.75) is 4.90 Å². The van der Waals surface area contributed by atoms with Crippen LogP contribution in [0.1, 0.15) is 0 Å². The number of nitrogens with one attached hydrogen (secondary N) is 1. The van der Waals surface area contributed by atoms with E-state index in [-0.39, 0.29) is 10.6 Å². The van der Waals surface area contributed by atoms with E-state index >= 15 is 0 Å². The first-order valence-electron chi connectivity index (χ1n) is 3.20. The topological polar surface area (TPSA) is 95.8 Å². The molecule has 1 aromatic rings. The van der Waals surface area contributed by atoms with E-state index in [1.165, 1.54) is 18.2 Å². The van der Waals surface area contributed by atoms with Gasteiger partial charge in [-0.15, -0.1) is 4.91 Å². The molecule has 13 heavy (non-hydrogen) atoms. The van der Waals surface area contributed by atoms with Gasteiger partial charge in [-0.3, -0.25) is 4.55 Å². The second-order valence-corrected chi connectivity index (χ2v) is 3.56. The van der Waals surface area contributed by atoms with Gasteiger partial charge in [-0.25, -0.2) is 5.43 Å². The zero-order valence-electron chi connectivity index (χ0n) is 6.34. The lowest BCUT2D eigenvalue weighted by Gasteiger charge is -2.02. The van der Waals surface area contributed by atoms with Crippen LogP contribution in [0.15, 0.2) is 34.4 Å². The summed E-state index contributed by atoms with van der Waals surface area (Å²) in [5, 5.41) is 2.30. The van der Waals surface area contributed by atoms with Gasteiger partial charge in [0.05, 0.1) is 11.0 Å². The number of hydrogen-bond acceptors (Lipinski definition) is 4. The minimum atomic E-state index is -4.32. The van der Waals surface area contributed by atoms with Gasteiger partial charge < -0.3 is 0 Å². The molecule has 7 heteroatoms. The summed E-state index contributed by atoms with van der Waals surface area (Å²) in [6, 6.07) is 5.38. The monoisotopic (exact) mass is 202 g/mol. The van der Waals surface area contributed by atoms with Crippen molar-refractivity contribution in [1.82, 2.24) is 0 Å². The summed E-state index contributed by atoms with van der Waals surface area (Å²) in [5.41, 5.74) is 1.86. The minimum Gasteiger partial charge on any atom is -0.282 e. The second-order valence-electron chi connectivity index (χ2n) is 2.17. The molecule has 0 spiro atoms. The third-order valence-electron chi connectivity index (χ3n) is 1.33. The Balaban J connectivity index is 3.28. The first-order valence-corrected chi connectivity index (χ1v) is 4.64. The number of nitrogens with zero attached hydrogens (tertiary/aromatic N) is 1. The fraction of sp³-hybridized carbons (Fsp3) is 0. The molecular formula is C6H6N2O4S. The molecule has 0 aliphatic heterocycles. The van der Waals surface area contributed by atoms with E-state index in [0.29, 0.717) is 0 Å². The molecule has 0 heterocycles. The number of anilines is 1. The summed E-state index contributed by atoms with van der Waals surface area (Å²) in [6.45, 7) is 0. The first-order chi connectivity index (χ1) is 6.05. The van der Waals surface area contributed by atoms with Crippen LogP contribution in [0, 0.1) is 4.91 Å². The van der Waals surface area contributed by atoms with E-state index in [9.17, 15) is 13.3 Å². The van der Waals surface area contributed by atoms with Crippen molar-refractivity contribution in [2.75, 3.05) is 5.43 Å². The molecule has 1 aromatic carbocycles. The molecule has 0 radical (unpaired) electrons. The van der Waals surface area contributed by atoms with Crippen LogP contribution < -0.4 is 5.43 Å². The molecule has 0 unspecified atom stereocenters. The Morgan fingerprint density at radius 3 is 2.46 bits per heavy atom. The minimum absolute atomic E-state index is 0.0556. The number of rotatable bonds is 3. The van der Waals surface area contributed by atoms with Gasteiger partial charge in [0.1, 0.15) is 4.90 Å². The van der Waals surface area contributed by atoms with Crippen LogP contribution in [-0.4, -0.2) is 13.0 Å². The normalized spacial score (nSPS) is 10.8. The lowest BCUT2D eigenvalue weighted by molar-refractivity contribution is 0.483. The first kappa shape index (κ1) is 9.62. The summed E-state index contributed by atoms with van der Waals surface area (Å²) in [7, 11) is -4.32. The molecule has 0 bridgehead atoms. The summed E-state index contributed by atoms with van der Waals surface area (Å²) in [5.74, 6) is 0. The summed E-state index contributed by atoms with van der Waals surface area (Å²) >= 11 is 0. The molecule has 0 saturated carbocycles. The SMILES string of the molecule is O=NNc1ccccc1S(=O)(=O)O. The zero-order valence-corrected chi connectivity index (χ0v) is 7.15. The van der Waals surface area contributed by atoms with E-state index in [4.69, 9.17) is 4.55 Å². The van der Waals surface area contributed by atoms with Crippen molar-refractivity contribution >= 4 is 15.8 Å². The molecule has 1 rings (SSSR count). The van der Waals surface area contributed by atoms with Crippen LogP contribution in [0.5, 0.6) is 0 Å². The standard InChI is InChI=1S/C6H6N2O4S/c9-8-7-5-3-1-2-4-6(5)13(10,11)12/h1-4H,(H,7,9)(H,10,11,12). The van der Waals surface area contributed by atoms with Crippen LogP contribution in [0.2, 0.25) is 0 Å². The summed E-state index contributed by atoms with van der Waals surface area (Å²) < 4.78 is 30.1. The highest BCUT2D eigenvalue weighted by atomic mass is 32.2.